The summed E-state index contributed by atoms with van der Waals surface area (Å²) in [5.74, 6) is -0.308. The van der Waals surface area contributed by atoms with E-state index in [9.17, 15) is 4.79 Å². The number of rotatable bonds is 10. The van der Waals surface area contributed by atoms with Gasteiger partial charge in [0.2, 0.25) is 0 Å². The number of ether oxygens (including phenoxy) is 1. The Labute approximate surface area is 143 Å². The molecule has 0 fully saturated rings. The van der Waals surface area contributed by atoms with Crippen LogP contribution in [0.25, 0.3) is 0 Å². The first-order valence-electron chi connectivity index (χ1n) is 5.81. The number of hydrogen-bond acceptors (Lipinski definition) is 2. The summed E-state index contributed by atoms with van der Waals surface area (Å²) in [6, 6.07) is 1.41. The Bertz CT molecular complexity index is 229. The summed E-state index contributed by atoms with van der Waals surface area (Å²) in [7, 11) is 0. The number of halogens is 3. The minimum atomic E-state index is -0.912. The molecular formula is C11H19I3O2Si. The topological polar surface area (TPSA) is 26.3 Å². The maximum atomic E-state index is 10.7. The molecule has 0 atom stereocenters. The van der Waals surface area contributed by atoms with Gasteiger partial charge in [0.05, 0.1) is 6.61 Å². The molecule has 6 heteroatoms. The van der Waals surface area contributed by atoms with Gasteiger partial charge in [-0.15, -0.1) is 0 Å². The molecule has 0 bridgehead atoms. The molecule has 0 heterocycles. The van der Waals surface area contributed by atoms with Gasteiger partial charge >= 0.3 is 5.97 Å². The normalized spacial score (nSPS) is 11.2. The van der Waals surface area contributed by atoms with Crippen molar-refractivity contribution in [2.24, 2.45) is 0 Å². The van der Waals surface area contributed by atoms with E-state index in [1.54, 1.807) is 0 Å². The summed E-state index contributed by atoms with van der Waals surface area (Å²) < 4.78 is 4.00. The highest BCUT2D eigenvalue weighted by molar-refractivity contribution is 14.4. The quantitative estimate of drug-likeness (QED) is 0.0861. The van der Waals surface area contributed by atoms with Crippen molar-refractivity contribution in [2.75, 3.05) is 6.61 Å². The zero-order valence-corrected chi connectivity index (χ0v) is 17.4. The smallest absolute Gasteiger partial charge is 0.330 e. The molecule has 0 saturated carbocycles. The first-order chi connectivity index (χ1) is 7.95. The van der Waals surface area contributed by atoms with Crippen LogP contribution in [-0.4, -0.2) is 13.1 Å². The van der Waals surface area contributed by atoms with Gasteiger partial charge in [-0.2, -0.15) is 0 Å². The molecule has 0 aliphatic carbocycles. The highest BCUT2D eigenvalue weighted by Crippen LogP contribution is 2.35. The molecule has 17 heavy (non-hydrogen) atoms. The summed E-state index contributed by atoms with van der Waals surface area (Å²) >= 11 is 7.86. The lowest BCUT2D eigenvalue weighted by atomic mass is 10.1. The van der Waals surface area contributed by atoms with E-state index in [1.807, 2.05) is 0 Å². The molecular weight excluding hydrogens is 573 g/mol. The van der Waals surface area contributed by atoms with Crippen LogP contribution in [0.3, 0.4) is 0 Å². The van der Waals surface area contributed by atoms with Gasteiger partial charge in [-0.1, -0.05) is 104 Å². The van der Waals surface area contributed by atoms with Gasteiger partial charge in [-0.05, 0) is 12.5 Å². The molecule has 100 valence electrons. The van der Waals surface area contributed by atoms with Gasteiger partial charge in [0.25, 0.3) is 0.564 Å². The van der Waals surface area contributed by atoms with Crippen molar-refractivity contribution in [3.8, 4) is 0 Å². The summed E-state index contributed by atoms with van der Waals surface area (Å²) in [5.41, 5.74) is 0. The second kappa shape index (κ2) is 11.4. The third-order valence-electron chi connectivity index (χ3n) is 2.27. The Morgan fingerprint density at radius 1 is 1.06 bits per heavy atom. The Hall–Kier alpha value is 1.62. The second-order valence-corrected chi connectivity index (χ2v) is 40.7. The molecule has 0 unspecified atom stereocenters. The van der Waals surface area contributed by atoms with Crippen LogP contribution in [0.1, 0.15) is 38.5 Å². The van der Waals surface area contributed by atoms with Crippen molar-refractivity contribution in [3.63, 3.8) is 0 Å². The zero-order valence-electron chi connectivity index (χ0n) is 9.89. The molecule has 0 aromatic heterocycles. The Kier molecular flexibility index (Phi) is 12.5. The van der Waals surface area contributed by atoms with E-state index in [1.165, 1.54) is 37.8 Å². The molecule has 0 aromatic carbocycles. The maximum Gasteiger partial charge on any atom is 0.330 e. The fourth-order valence-corrected chi connectivity index (χ4v) is 5.45. The summed E-state index contributed by atoms with van der Waals surface area (Å²) in [6.45, 7) is 3.89. The van der Waals surface area contributed by atoms with E-state index in [-0.39, 0.29) is 5.97 Å². The number of esters is 1. The fourth-order valence-electron chi connectivity index (χ4n) is 1.37. The average Bonchev–Trinajstić information content (AvgIpc) is 2.25. The Morgan fingerprint density at radius 3 is 2.12 bits per heavy atom. The first kappa shape index (κ1) is 18.6. The lowest BCUT2D eigenvalue weighted by Gasteiger charge is -2.08. The van der Waals surface area contributed by atoms with Gasteiger partial charge in [0, 0.05) is 6.08 Å². The van der Waals surface area contributed by atoms with Crippen LogP contribution in [0.15, 0.2) is 12.7 Å². The van der Waals surface area contributed by atoms with Gasteiger partial charge in [0.1, 0.15) is 0 Å². The average molecular weight is 592 g/mol. The van der Waals surface area contributed by atoms with E-state index in [4.69, 9.17) is 4.74 Å². The summed E-state index contributed by atoms with van der Waals surface area (Å²) in [5, 5.41) is 0. The summed E-state index contributed by atoms with van der Waals surface area (Å²) in [4.78, 5) is 10.7. The standard InChI is InChI=1S/C11H19I3O2Si/c1-2-11(15)16-9-7-5-3-4-6-8-10-17(12,13)14/h2H,1,3-10H2. The minimum Gasteiger partial charge on any atom is -0.463 e. The van der Waals surface area contributed by atoms with E-state index in [0.29, 0.717) is 6.61 Å². The van der Waals surface area contributed by atoms with Crippen LogP contribution in [0.5, 0.6) is 0 Å². The second-order valence-electron chi connectivity index (χ2n) is 3.86. The predicted molar refractivity (Wildman–Crippen MR) is 101 cm³/mol. The predicted octanol–water partition coefficient (Wildman–Crippen LogP) is 5.30. The molecule has 0 aliphatic rings. The molecule has 0 aliphatic heterocycles. The van der Waals surface area contributed by atoms with Crippen LogP contribution >= 0.6 is 65.4 Å². The lowest BCUT2D eigenvalue weighted by Crippen LogP contribution is -2.04. The van der Waals surface area contributed by atoms with Crippen LogP contribution in [0.4, 0.5) is 0 Å². The Morgan fingerprint density at radius 2 is 1.59 bits per heavy atom. The molecule has 2 nitrogen and oxygen atoms in total. The fraction of sp³-hybridized carbons (Fsp3) is 0.727. The van der Waals surface area contributed by atoms with Crippen LogP contribution in [0.2, 0.25) is 6.04 Å². The third-order valence-corrected chi connectivity index (χ3v) is 8.04. The summed E-state index contributed by atoms with van der Waals surface area (Å²) in [6.07, 6.45) is 8.62. The molecule has 0 spiro atoms. The molecule has 0 N–H and O–H groups in total. The van der Waals surface area contributed by atoms with Crippen molar-refractivity contribution < 1.29 is 9.53 Å². The van der Waals surface area contributed by atoms with Crippen LogP contribution in [0, 0.1) is 0 Å². The highest BCUT2D eigenvalue weighted by atomic mass is 127. The van der Waals surface area contributed by atoms with E-state index < -0.39 is 0.564 Å². The van der Waals surface area contributed by atoms with Crippen molar-refractivity contribution in [2.45, 2.75) is 44.6 Å². The monoisotopic (exact) mass is 592 g/mol. The van der Waals surface area contributed by atoms with Crippen LogP contribution in [-0.2, 0) is 9.53 Å². The van der Waals surface area contributed by atoms with E-state index in [2.05, 4.69) is 72.0 Å². The Balaban J connectivity index is 3.14. The van der Waals surface area contributed by atoms with Gasteiger partial charge < -0.3 is 4.74 Å². The number of carbonyl (C=O) groups excluding carboxylic acids is 1. The number of unbranched alkanes of at least 4 members (excludes halogenated alkanes) is 5. The molecule has 0 saturated heterocycles. The highest BCUT2D eigenvalue weighted by Gasteiger charge is 2.19. The van der Waals surface area contributed by atoms with Crippen molar-refractivity contribution >= 4 is 71.9 Å². The van der Waals surface area contributed by atoms with Gasteiger partial charge in [-0.3, -0.25) is 0 Å². The van der Waals surface area contributed by atoms with E-state index in [0.717, 1.165) is 12.8 Å². The number of carbonyl (C=O) groups is 1. The molecule has 0 rings (SSSR count). The number of hydrogen-bond donors (Lipinski definition) is 0. The molecule has 0 radical (unpaired) electrons. The third kappa shape index (κ3) is 15.6. The maximum absolute atomic E-state index is 10.7. The largest absolute Gasteiger partial charge is 0.463 e. The van der Waals surface area contributed by atoms with Gasteiger partial charge in [0.15, 0.2) is 0 Å². The van der Waals surface area contributed by atoms with Crippen molar-refractivity contribution in [3.05, 3.63) is 12.7 Å². The molecule has 0 amide bonds. The van der Waals surface area contributed by atoms with Gasteiger partial charge in [-0.25, -0.2) is 4.79 Å². The van der Waals surface area contributed by atoms with Crippen molar-refractivity contribution in [1.29, 1.82) is 0 Å². The SMILES string of the molecule is C=CC(=O)OCCCCCCCC[Si](I)(I)I. The van der Waals surface area contributed by atoms with Crippen molar-refractivity contribution in [1.82, 2.24) is 0 Å². The minimum absolute atomic E-state index is 0.308. The molecule has 0 aromatic rings. The zero-order chi connectivity index (χ0) is 13.1. The first-order valence-corrected chi connectivity index (χ1v) is 17.4. The van der Waals surface area contributed by atoms with E-state index >= 15 is 0 Å². The lowest BCUT2D eigenvalue weighted by molar-refractivity contribution is -0.137. The van der Waals surface area contributed by atoms with Crippen LogP contribution < -0.4 is 0 Å².